The molecule has 0 unspecified atom stereocenters. The van der Waals surface area contributed by atoms with Crippen LogP contribution in [0.15, 0.2) is 0 Å². The third-order valence-corrected chi connectivity index (χ3v) is 4.37. The molecule has 2 fully saturated rings. The second-order valence-electron chi connectivity index (χ2n) is 5.70. The molecule has 4 nitrogen and oxygen atoms in total. The molecule has 2 rings (SSSR count). The zero-order valence-electron chi connectivity index (χ0n) is 12.4. The Morgan fingerprint density at radius 2 is 1.75 bits per heavy atom. The summed E-state index contributed by atoms with van der Waals surface area (Å²) in [5.41, 5.74) is 0. The fourth-order valence-corrected chi connectivity index (χ4v) is 3.07. The number of alkyl halides is 2. The third kappa shape index (κ3) is 4.91. The number of morpholine rings is 1. The molecule has 1 atom stereocenters. The molecule has 0 amide bonds. The lowest BCUT2D eigenvalue weighted by atomic mass is 10.1. The summed E-state index contributed by atoms with van der Waals surface area (Å²) >= 11 is 0. The van der Waals surface area contributed by atoms with Crippen LogP contribution in [0, 0.1) is 0 Å². The van der Waals surface area contributed by atoms with Gasteiger partial charge in [0.1, 0.15) is 0 Å². The predicted molar refractivity (Wildman–Crippen MR) is 75.4 cm³/mol. The molecule has 118 valence electrons. The van der Waals surface area contributed by atoms with Crippen LogP contribution in [-0.4, -0.2) is 92.7 Å². The van der Waals surface area contributed by atoms with Gasteiger partial charge in [-0.15, -0.1) is 0 Å². The van der Waals surface area contributed by atoms with Crippen molar-refractivity contribution in [1.29, 1.82) is 0 Å². The van der Waals surface area contributed by atoms with Crippen molar-refractivity contribution >= 4 is 0 Å². The summed E-state index contributed by atoms with van der Waals surface area (Å²) < 4.78 is 30.4. The molecule has 0 N–H and O–H groups in total. The normalized spacial score (nSPS) is 27.3. The molecule has 6 heteroatoms. The largest absolute Gasteiger partial charge is 0.379 e. The quantitative estimate of drug-likeness (QED) is 0.726. The Hall–Kier alpha value is -0.300. The lowest BCUT2D eigenvalue weighted by molar-refractivity contribution is 0.00716. The van der Waals surface area contributed by atoms with Gasteiger partial charge in [0.05, 0.1) is 19.8 Å². The highest BCUT2D eigenvalue weighted by Crippen LogP contribution is 2.14. The highest BCUT2D eigenvalue weighted by Gasteiger charge is 2.27. The van der Waals surface area contributed by atoms with Crippen molar-refractivity contribution in [3.8, 4) is 0 Å². The van der Waals surface area contributed by atoms with E-state index in [1.54, 1.807) is 0 Å². The van der Waals surface area contributed by atoms with E-state index in [0.29, 0.717) is 0 Å². The first-order valence-corrected chi connectivity index (χ1v) is 7.73. The molecule has 0 saturated carbocycles. The molecule has 2 heterocycles. The van der Waals surface area contributed by atoms with Crippen LogP contribution in [0.3, 0.4) is 0 Å². The van der Waals surface area contributed by atoms with Gasteiger partial charge in [-0.3, -0.25) is 14.7 Å². The number of rotatable bonds is 6. The van der Waals surface area contributed by atoms with E-state index in [1.165, 1.54) is 0 Å². The minimum absolute atomic E-state index is 0.0736. The number of nitrogens with zero attached hydrogens (tertiary/aromatic N) is 3. The monoisotopic (exact) mass is 291 g/mol. The van der Waals surface area contributed by atoms with Crippen LogP contribution in [0.5, 0.6) is 0 Å². The van der Waals surface area contributed by atoms with E-state index in [4.69, 9.17) is 4.74 Å². The Labute approximate surface area is 120 Å². The summed E-state index contributed by atoms with van der Waals surface area (Å²) in [6.07, 6.45) is -1.27. The van der Waals surface area contributed by atoms with Crippen molar-refractivity contribution in [2.75, 3.05) is 65.6 Å². The van der Waals surface area contributed by atoms with Gasteiger partial charge in [-0.05, 0) is 6.42 Å². The average molecular weight is 291 g/mol. The van der Waals surface area contributed by atoms with E-state index in [1.807, 2.05) is 4.90 Å². The van der Waals surface area contributed by atoms with E-state index >= 15 is 0 Å². The van der Waals surface area contributed by atoms with Crippen molar-refractivity contribution in [2.24, 2.45) is 0 Å². The Bertz CT molecular complexity index is 275. The summed E-state index contributed by atoms with van der Waals surface area (Å²) in [6, 6.07) is 0.280. The van der Waals surface area contributed by atoms with Gasteiger partial charge >= 0.3 is 0 Å². The number of halogens is 2. The van der Waals surface area contributed by atoms with E-state index < -0.39 is 6.43 Å². The minimum Gasteiger partial charge on any atom is -0.379 e. The van der Waals surface area contributed by atoms with E-state index in [9.17, 15) is 8.78 Å². The zero-order chi connectivity index (χ0) is 14.4. The van der Waals surface area contributed by atoms with Gasteiger partial charge in [0.25, 0.3) is 6.43 Å². The SMILES string of the molecule is CC[C@H]1CN(CCN2CCOCC2)CCN1CC(F)F. The number of hydrogen-bond acceptors (Lipinski definition) is 4. The molecule has 0 bridgehead atoms. The predicted octanol–water partition coefficient (Wildman–Crippen LogP) is 0.980. The van der Waals surface area contributed by atoms with Crippen LogP contribution < -0.4 is 0 Å². The highest BCUT2D eigenvalue weighted by atomic mass is 19.3. The summed E-state index contributed by atoms with van der Waals surface area (Å²) in [5.74, 6) is 0. The van der Waals surface area contributed by atoms with Gasteiger partial charge in [0, 0.05) is 51.9 Å². The molecule has 2 aliphatic heterocycles. The lowest BCUT2D eigenvalue weighted by Crippen LogP contribution is -2.55. The van der Waals surface area contributed by atoms with Crippen molar-refractivity contribution in [1.82, 2.24) is 14.7 Å². The Kier molecular flexibility index (Phi) is 6.61. The molecule has 0 aromatic carbocycles. The highest BCUT2D eigenvalue weighted by molar-refractivity contribution is 4.82. The maximum absolute atomic E-state index is 12.5. The Balaban J connectivity index is 1.71. The first-order chi connectivity index (χ1) is 9.69. The second kappa shape index (κ2) is 8.22. The fourth-order valence-electron chi connectivity index (χ4n) is 3.07. The standard InChI is InChI=1S/C14H27F2N3O/c1-2-13-11-18(5-6-19(13)12-14(15)16)4-3-17-7-9-20-10-8-17/h13-14H,2-12H2,1H3/t13-/m0/s1. The third-order valence-electron chi connectivity index (χ3n) is 4.37. The summed E-state index contributed by atoms with van der Waals surface area (Å²) in [7, 11) is 0. The van der Waals surface area contributed by atoms with Gasteiger partial charge in [-0.1, -0.05) is 6.92 Å². The fraction of sp³-hybridized carbons (Fsp3) is 1.00. The van der Waals surface area contributed by atoms with Crippen LogP contribution in [-0.2, 0) is 4.74 Å². The van der Waals surface area contributed by atoms with Crippen molar-refractivity contribution in [2.45, 2.75) is 25.8 Å². The van der Waals surface area contributed by atoms with Crippen LogP contribution in [0.4, 0.5) is 8.78 Å². The molecular weight excluding hydrogens is 264 g/mol. The molecule has 0 aromatic rings. The van der Waals surface area contributed by atoms with Crippen molar-refractivity contribution in [3.05, 3.63) is 0 Å². The average Bonchev–Trinajstić information content (AvgIpc) is 2.46. The first kappa shape index (κ1) is 16.1. The topological polar surface area (TPSA) is 19.0 Å². The van der Waals surface area contributed by atoms with Crippen molar-refractivity contribution in [3.63, 3.8) is 0 Å². The number of hydrogen-bond donors (Lipinski definition) is 0. The summed E-state index contributed by atoms with van der Waals surface area (Å²) in [6.45, 7) is 10.4. The van der Waals surface area contributed by atoms with E-state index in [-0.39, 0.29) is 12.6 Å². The number of piperazine rings is 1. The smallest absolute Gasteiger partial charge is 0.251 e. The molecule has 0 aromatic heterocycles. The summed E-state index contributed by atoms with van der Waals surface area (Å²) in [5, 5.41) is 0. The maximum Gasteiger partial charge on any atom is 0.251 e. The van der Waals surface area contributed by atoms with Gasteiger partial charge in [0.2, 0.25) is 0 Å². The van der Waals surface area contributed by atoms with Crippen molar-refractivity contribution < 1.29 is 13.5 Å². The van der Waals surface area contributed by atoms with Crippen LogP contribution in [0.25, 0.3) is 0 Å². The first-order valence-electron chi connectivity index (χ1n) is 7.73. The minimum atomic E-state index is -2.22. The van der Waals surface area contributed by atoms with Gasteiger partial charge < -0.3 is 4.74 Å². The van der Waals surface area contributed by atoms with E-state index in [2.05, 4.69) is 16.7 Å². The number of ether oxygens (including phenoxy) is 1. The molecule has 2 saturated heterocycles. The van der Waals surface area contributed by atoms with Gasteiger partial charge in [-0.2, -0.15) is 0 Å². The Morgan fingerprint density at radius 1 is 1.05 bits per heavy atom. The molecule has 0 aliphatic carbocycles. The molecular formula is C14H27F2N3O. The molecule has 0 spiro atoms. The molecule has 20 heavy (non-hydrogen) atoms. The van der Waals surface area contributed by atoms with E-state index in [0.717, 1.165) is 65.4 Å². The van der Waals surface area contributed by atoms with Gasteiger partial charge in [-0.25, -0.2) is 8.78 Å². The maximum atomic E-state index is 12.5. The second-order valence-corrected chi connectivity index (χ2v) is 5.70. The van der Waals surface area contributed by atoms with Crippen LogP contribution in [0.1, 0.15) is 13.3 Å². The lowest BCUT2D eigenvalue weighted by Gasteiger charge is -2.41. The zero-order valence-corrected chi connectivity index (χ0v) is 12.4. The molecule has 2 aliphatic rings. The van der Waals surface area contributed by atoms with Crippen LogP contribution in [0.2, 0.25) is 0 Å². The summed E-state index contributed by atoms with van der Waals surface area (Å²) in [4.78, 5) is 6.80. The van der Waals surface area contributed by atoms with Gasteiger partial charge in [0.15, 0.2) is 0 Å². The van der Waals surface area contributed by atoms with Crippen LogP contribution >= 0.6 is 0 Å². The molecule has 0 radical (unpaired) electrons. The Morgan fingerprint density at radius 3 is 2.40 bits per heavy atom.